The molecule has 1 aliphatic carbocycles. The van der Waals surface area contributed by atoms with Crippen molar-refractivity contribution in [3.63, 3.8) is 0 Å². The van der Waals surface area contributed by atoms with Gasteiger partial charge in [-0.3, -0.25) is 0 Å². The maximum absolute atomic E-state index is 5.68. The zero-order valence-electron chi connectivity index (χ0n) is 16.2. The fourth-order valence-corrected chi connectivity index (χ4v) is 3.01. The Bertz CT molecular complexity index is 545. The topological polar surface area (TPSA) is 67.8 Å². The van der Waals surface area contributed by atoms with Crippen LogP contribution in [0.1, 0.15) is 45.1 Å². The molecule has 1 aromatic heterocycles. The van der Waals surface area contributed by atoms with E-state index in [9.17, 15) is 0 Å². The zero-order chi connectivity index (χ0) is 18.0. The molecule has 6 nitrogen and oxygen atoms in total. The van der Waals surface area contributed by atoms with Crippen LogP contribution in [0.5, 0.6) is 5.88 Å². The molecule has 0 unspecified atom stereocenters. The lowest BCUT2D eigenvalue weighted by Gasteiger charge is -2.41. The van der Waals surface area contributed by atoms with Crippen molar-refractivity contribution in [2.75, 3.05) is 33.4 Å². The average molecular weight is 476 g/mol. The lowest BCUT2D eigenvalue weighted by Crippen LogP contribution is -2.46. The Labute approximate surface area is 174 Å². The third-order valence-corrected chi connectivity index (χ3v) is 4.92. The fraction of sp³-hybridized carbons (Fsp3) is 0.684. The van der Waals surface area contributed by atoms with Gasteiger partial charge < -0.3 is 20.1 Å². The Morgan fingerprint density at radius 2 is 2.08 bits per heavy atom. The Balaban J connectivity index is 0.00000338. The quantitative estimate of drug-likeness (QED) is 0.235. The van der Waals surface area contributed by atoms with Gasteiger partial charge in [0, 0.05) is 32.0 Å². The summed E-state index contributed by atoms with van der Waals surface area (Å²) in [4.78, 5) is 9.02. The maximum atomic E-state index is 5.68. The predicted molar refractivity (Wildman–Crippen MR) is 116 cm³/mol. The van der Waals surface area contributed by atoms with Gasteiger partial charge in [0.1, 0.15) is 6.61 Å². The third kappa shape index (κ3) is 6.90. The SMILES string of the molecule is CCNC(=NCc1cccnc1OCCOC)NCC1(CC)CCC1.I. The number of halogens is 1. The van der Waals surface area contributed by atoms with Crippen LogP contribution in [0, 0.1) is 5.41 Å². The summed E-state index contributed by atoms with van der Waals surface area (Å²) < 4.78 is 10.7. The van der Waals surface area contributed by atoms with Crippen LogP contribution in [0.3, 0.4) is 0 Å². The number of aliphatic imine (C=N–C) groups is 1. The van der Waals surface area contributed by atoms with Gasteiger partial charge >= 0.3 is 0 Å². The van der Waals surface area contributed by atoms with Crippen molar-refractivity contribution in [1.82, 2.24) is 15.6 Å². The average Bonchev–Trinajstić information content (AvgIpc) is 2.60. The number of methoxy groups -OCH3 is 1. The first-order valence-corrected chi connectivity index (χ1v) is 9.31. The summed E-state index contributed by atoms with van der Waals surface area (Å²) in [6, 6.07) is 3.91. The monoisotopic (exact) mass is 476 g/mol. The number of hydrogen-bond acceptors (Lipinski definition) is 4. The van der Waals surface area contributed by atoms with Crippen LogP contribution in [0.15, 0.2) is 23.3 Å². The van der Waals surface area contributed by atoms with Gasteiger partial charge in [0.2, 0.25) is 5.88 Å². The van der Waals surface area contributed by atoms with Crippen molar-refractivity contribution >= 4 is 29.9 Å². The minimum Gasteiger partial charge on any atom is -0.475 e. The first-order valence-electron chi connectivity index (χ1n) is 9.31. The van der Waals surface area contributed by atoms with Gasteiger partial charge in [-0.25, -0.2) is 9.98 Å². The second-order valence-electron chi connectivity index (χ2n) is 6.56. The molecular weight excluding hydrogens is 443 g/mol. The molecule has 0 spiro atoms. The second kappa shape index (κ2) is 12.3. The molecule has 0 aromatic carbocycles. The summed E-state index contributed by atoms with van der Waals surface area (Å²) in [7, 11) is 1.66. The van der Waals surface area contributed by atoms with Gasteiger partial charge in [-0.05, 0) is 37.7 Å². The van der Waals surface area contributed by atoms with Gasteiger partial charge in [-0.15, -0.1) is 24.0 Å². The molecule has 2 N–H and O–H groups in total. The highest BCUT2D eigenvalue weighted by Gasteiger charge is 2.34. The second-order valence-corrected chi connectivity index (χ2v) is 6.56. The highest BCUT2D eigenvalue weighted by molar-refractivity contribution is 14.0. The summed E-state index contributed by atoms with van der Waals surface area (Å²) in [5.41, 5.74) is 1.43. The normalized spacial score (nSPS) is 15.6. The molecular formula is C19H33IN4O2. The highest BCUT2D eigenvalue weighted by atomic mass is 127. The van der Waals surface area contributed by atoms with Gasteiger partial charge in [0.05, 0.1) is 13.2 Å². The third-order valence-electron chi connectivity index (χ3n) is 4.92. The van der Waals surface area contributed by atoms with Crippen molar-refractivity contribution in [2.45, 2.75) is 46.1 Å². The minimum atomic E-state index is 0. The molecule has 1 fully saturated rings. The van der Waals surface area contributed by atoms with E-state index in [2.05, 4.69) is 29.5 Å². The molecule has 0 amide bonds. The Hall–Kier alpha value is -1.09. The van der Waals surface area contributed by atoms with E-state index in [-0.39, 0.29) is 24.0 Å². The van der Waals surface area contributed by atoms with Gasteiger partial charge in [-0.1, -0.05) is 19.4 Å². The van der Waals surface area contributed by atoms with Crippen molar-refractivity contribution in [2.24, 2.45) is 10.4 Å². The number of nitrogens with one attached hydrogen (secondary N) is 2. The van der Waals surface area contributed by atoms with Crippen LogP contribution in [0.25, 0.3) is 0 Å². The summed E-state index contributed by atoms with van der Waals surface area (Å²) in [5.74, 6) is 1.48. The molecule has 148 valence electrons. The van der Waals surface area contributed by atoms with Gasteiger partial charge in [0.25, 0.3) is 0 Å². The molecule has 1 aromatic rings. The Morgan fingerprint density at radius 3 is 2.69 bits per heavy atom. The number of aromatic nitrogens is 1. The van der Waals surface area contributed by atoms with E-state index in [4.69, 9.17) is 14.5 Å². The van der Waals surface area contributed by atoms with Crippen LogP contribution in [-0.2, 0) is 11.3 Å². The summed E-state index contributed by atoms with van der Waals surface area (Å²) in [5, 5.41) is 6.84. The van der Waals surface area contributed by atoms with Crippen LogP contribution >= 0.6 is 24.0 Å². The molecule has 2 rings (SSSR count). The standard InChI is InChI=1S/C19H32N4O2.HI/c1-4-19(9-7-10-19)15-23-18(20-5-2)22-14-16-8-6-11-21-17(16)25-13-12-24-3;/h6,8,11H,4-5,7,9-10,12-15H2,1-3H3,(H2,20,22,23);1H. The highest BCUT2D eigenvalue weighted by Crippen LogP contribution is 2.42. The first kappa shape index (κ1) is 23.0. The van der Waals surface area contributed by atoms with E-state index in [0.717, 1.165) is 24.6 Å². The number of hydrogen-bond donors (Lipinski definition) is 2. The van der Waals surface area contributed by atoms with Crippen molar-refractivity contribution in [3.05, 3.63) is 23.9 Å². The largest absolute Gasteiger partial charge is 0.475 e. The Morgan fingerprint density at radius 1 is 1.27 bits per heavy atom. The van der Waals surface area contributed by atoms with Crippen LogP contribution in [-0.4, -0.2) is 44.4 Å². The first-order chi connectivity index (χ1) is 12.2. The summed E-state index contributed by atoms with van der Waals surface area (Å²) >= 11 is 0. The molecule has 1 heterocycles. The Kier molecular flexibility index (Phi) is 10.9. The van der Waals surface area contributed by atoms with Crippen molar-refractivity contribution in [1.29, 1.82) is 0 Å². The van der Waals surface area contributed by atoms with E-state index in [0.29, 0.717) is 31.1 Å². The number of guanidine groups is 1. The maximum Gasteiger partial charge on any atom is 0.218 e. The van der Waals surface area contributed by atoms with Gasteiger partial charge in [-0.2, -0.15) is 0 Å². The van der Waals surface area contributed by atoms with E-state index in [1.54, 1.807) is 13.3 Å². The lowest BCUT2D eigenvalue weighted by atomic mass is 9.67. The van der Waals surface area contributed by atoms with E-state index >= 15 is 0 Å². The predicted octanol–water partition coefficient (Wildman–Crippen LogP) is 3.36. The minimum absolute atomic E-state index is 0. The summed E-state index contributed by atoms with van der Waals surface area (Å²) in [6.45, 7) is 7.76. The zero-order valence-corrected chi connectivity index (χ0v) is 18.5. The summed E-state index contributed by atoms with van der Waals surface area (Å²) in [6.07, 6.45) is 6.94. The molecule has 7 heteroatoms. The molecule has 0 aliphatic heterocycles. The molecule has 0 atom stereocenters. The molecule has 0 bridgehead atoms. The smallest absolute Gasteiger partial charge is 0.218 e. The fourth-order valence-electron chi connectivity index (χ4n) is 3.01. The van der Waals surface area contributed by atoms with Crippen molar-refractivity contribution in [3.8, 4) is 5.88 Å². The van der Waals surface area contributed by atoms with E-state index in [1.165, 1.54) is 25.7 Å². The number of nitrogens with zero attached hydrogens (tertiary/aromatic N) is 2. The number of ether oxygens (including phenoxy) is 2. The lowest BCUT2D eigenvalue weighted by molar-refractivity contribution is 0.131. The number of rotatable bonds is 10. The molecule has 26 heavy (non-hydrogen) atoms. The van der Waals surface area contributed by atoms with Crippen molar-refractivity contribution < 1.29 is 9.47 Å². The molecule has 1 aliphatic rings. The number of pyridine rings is 1. The van der Waals surface area contributed by atoms with Crippen LogP contribution in [0.2, 0.25) is 0 Å². The van der Waals surface area contributed by atoms with E-state index in [1.807, 2.05) is 12.1 Å². The van der Waals surface area contributed by atoms with E-state index < -0.39 is 0 Å². The molecule has 1 saturated carbocycles. The molecule has 0 saturated heterocycles. The van der Waals surface area contributed by atoms with Gasteiger partial charge in [0.15, 0.2) is 5.96 Å². The molecule has 0 radical (unpaired) electrons. The van der Waals surface area contributed by atoms with Crippen LogP contribution < -0.4 is 15.4 Å². The van der Waals surface area contributed by atoms with Crippen LogP contribution in [0.4, 0.5) is 0 Å².